The average molecular weight is 262 g/mol. The number of H-pyrrole nitrogens is 1. The second-order valence-corrected chi connectivity index (χ2v) is 5.20. The zero-order chi connectivity index (χ0) is 13.2. The molecule has 0 radical (unpaired) electrons. The summed E-state index contributed by atoms with van der Waals surface area (Å²) in [5, 5.41) is 0. The zero-order valence-corrected chi connectivity index (χ0v) is 10.9. The molecule has 1 aromatic rings. The molecule has 1 atom stereocenters. The number of pyridine rings is 1. The molecule has 5 nitrogen and oxygen atoms in total. The number of hydrogen-bond donors (Lipinski definition) is 1. The average Bonchev–Trinajstić information content (AvgIpc) is 2.92. The molecule has 3 rings (SSSR count). The van der Waals surface area contributed by atoms with Gasteiger partial charge in [-0.05, 0) is 12.8 Å². The van der Waals surface area contributed by atoms with Crippen LogP contribution in [0.5, 0.6) is 0 Å². The quantitative estimate of drug-likeness (QED) is 0.858. The second kappa shape index (κ2) is 5.17. The first-order chi connectivity index (χ1) is 9.24. The van der Waals surface area contributed by atoms with Gasteiger partial charge in [0, 0.05) is 43.1 Å². The monoisotopic (exact) mass is 262 g/mol. The highest BCUT2D eigenvalue weighted by Crippen LogP contribution is 2.19. The summed E-state index contributed by atoms with van der Waals surface area (Å²) in [5.74, 6) is 0.0980. The number of amides is 1. The molecule has 0 saturated carbocycles. The highest BCUT2D eigenvalue weighted by molar-refractivity contribution is 5.77. The van der Waals surface area contributed by atoms with Gasteiger partial charge in [-0.15, -0.1) is 0 Å². The summed E-state index contributed by atoms with van der Waals surface area (Å²) in [6.45, 7) is 1.87. The van der Waals surface area contributed by atoms with Crippen molar-refractivity contribution in [3.05, 3.63) is 33.7 Å². The van der Waals surface area contributed by atoms with Crippen LogP contribution in [-0.4, -0.2) is 35.0 Å². The van der Waals surface area contributed by atoms with E-state index in [9.17, 15) is 9.59 Å². The van der Waals surface area contributed by atoms with Crippen molar-refractivity contribution in [2.24, 2.45) is 0 Å². The summed E-state index contributed by atoms with van der Waals surface area (Å²) in [4.78, 5) is 28.9. The van der Waals surface area contributed by atoms with Gasteiger partial charge in [0.15, 0.2) is 5.43 Å². The normalized spacial score (nSPS) is 22.3. The molecule has 1 N–H and O–H groups in total. The van der Waals surface area contributed by atoms with Crippen LogP contribution in [0.2, 0.25) is 0 Å². The molecular weight excluding hydrogens is 244 g/mol. The number of carbonyl (C=O) groups excluding carboxylic acids is 1. The maximum absolute atomic E-state index is 12.2. The molecule has 5 heteroatoms. The molecule has 0 aromatic carbocycles. The van der Waals surface area contributed by atoms with Crippen LogP contribution in [0.1, 0.15) is 30.5 Å². The fourth-order valence-corrected chi connectivity index (χ4v) is 2.81. The van der Waals surface area contributed by atoms with Crippen LogP contribution < -0.4 is 5.43 Å². The molecule has 0 spiro atoms. The van der Waals surface area contributed by atoms with Gasteiger partial charge in [-0.25, -0.2) is 0 Å². The fourth-order valence-electron chi connectivity index (χ4n) is 2.81. The molecule has 19 heavy (non-hydrogen) atoms. The maximum Gasteiger partial charge on any atom is 0.225 e. The number of fused-ring (bicyclic) bond motifs is 1. The Morgan fingerprint density at radius 1 is 1.53 bits per heavy atom. The Labute approximate surface area is 111 Å². The lowest BCUT2D eigenvalue weighted by molar-refractivity contribution is -0.134. The van der Waals surface area contributed by atoms with Gasteiger partial charge >= 0.3 is 0 Å². The Kier molecular flexibility index (Phi) is 3.38. The molecule has 1 amide bonds. The Hall–Kier alpha value is -1.62. The first kappa shape index (κ1) is 12.4. The maximum atomic E-state index is 12.2. The Balaban J connectivity index is 1.69. The third kappa shape index (κ3) is 2.56. The SMILES string of the molecule is O=C(CC1CCCO1)N1CCc2[nH]ccc(=O)c2C1. The minimum Gasteiger partial charge on any atom is -0.378 e. The smallest absolute Gasteiger partial charge is 0.225 e. The van der Waals surface area contributed by atoms with E-state index in [0.717, 1.165) is 37.1 Å². The molecule has 1 aromatic heterocycles. The largest absolute Gasteiger partial charge is 0.378 e. The number of rotatable bonds is 2. The first-order valence-corrected chi connectivity index (χ1v) is 6.83. The molecule has 102 valence electrons. The number of hydrogen-bond acceptors (Lipinski definition) is 3. The van der Waals surface area contributed by atoms with Crippen molar-refractivity contribution in [3.8, 4) is 0 Å². The van der Waals surface area contributed by atoms with Crippen LogP contribution in [0.4, 0.5) is 0 Å². The summed E-state index contributed by atoms with van der Waals surface area (Å²) in [6.07, 6.45) is 4.92. The van der Waals surface area contributed by atoms with E-state index in [1.165, 1.54) is 6.07 Å². The number of nitrogens with zero attached hydrogens (tertiary/aromatic N) is 1. The predicted octanol–water partition coefficient (Wildman–Crippen LogP) is 0.829. The molecule has 3 heterocycles. The van der Waals surface area contributed by atoms with Crippen LogP contribution in [0.25, 0.3) is 0 Å². The van der Waals surface area contributed by atoms with Crippen molar-refractivity contribution in [2.45, 2.75) is 38.3 Å². The van der Waals surface area contributed by atoms with Crippen molar-refractivity contribution >= 4 is 5.91 Å². The van der Waals surface area contributed by atoms with Crippen LogP contribution >= 0.6 is 0 Å². The van der Waals surface area contributed by atoms with E-state index >= 15 is 0 Å². The molecule has 2 aliphatic heterocycles. The predicted molar refractivity (Wildman–Crippen MR) is 69.8 cm³/mol. The molecule has 0 bridgehead atoms. The third-order valence-corrected chi connectivity index (χ3v) is 3.91. The van der Waals surface area contributed by atoms with Crippen molar-refractivity contribution in [3.63, 3.8) is 0 Å². The van der Waals surface area contributed by atoms with Gasteiger partial charge in [0.2, 0.25) is 5.91 Å². The van der Waals surface area contributed by atoms with Gasteiger partial charge in [-0.1, -0.05) is 0 Å². The van der Waals surface area contributed by atoms with Gasteiger partial charge in [-0.2, -0.15) is 0 Å². The molecule has 1 unspecified atom stereocenters. The van der Waals surface area contributed by atoms with Gasteiger partial charge in [-0.3, -0.25) is 9.59 Å². The standard InChI is InChI=1S/C14H18N2O3/c17-13-3-5-15-12-4-6-16(9-11(12)13)14(18)8-10-2-1-7-19-10/h3,5,10H,1-2,4,6-9H2,(H,15,17). The number of aromatic nitrogens is 1. The highest BCUT2D eigenvalue weighted by atomic mass is 16.5. The number of aromatic amines is 1. The van der Waals surface area contributed by atoms with E-state index in [-0.39, 0.29) is 17.4 Å². The van der Waals surface area contributed by atoms with Crippen molar-refractivity contribution in [2.75, 3.05) is 13.2 Å². The van der Waals surface area contributed by atoms with Crippen LogP contribution in [0, 0.1) is 0 Å². The zero-order valence-electron chi connectivity index (χ0n) is 10.9. The summed E-state index contributed by atoms with van der Waals surface area (Å²) in [5.41, 5.74) is 1.71. The van der Waals surface area contributed by atoms with E-state index in [1.807, 2.05) is 0 Å². The topological polar surface area (TPSA) is 62.4 Å². The molecule has 1 fully saturated rings. The Morgan fingerprint density at radius 2 is 2.42 bits per heavy atom. The first-order valence-electron chi connectivity index (χ1n) is 6.83. The Bertz CT molecular complexity index is 532. The second-order valence-electron chi connectivity index (χ2n) is 5.20. The van der Waals surface area contributed by atoms with Crippen molar-refractivity contribution in [1.82, 2.24) is 9.88 Å². The van der Waals surface area contributed by atoms with E-state index in [2.05, 4.69) is 4.98 Å². The van der Waals surface area contributed by atoms with E-state index in [4.69, 9.17) is 4.74 Å². The third-order valence-electron chi connectivity index (χ3n) is 3.91. The molecule has 0 aliphatic carbocycles. The summed E-state index contributed by atoms with van der Waals surface area (Å²) in [6, 6.07) is 1.52. The number of nitrogens with one attached hydrogen (secondary N) is 1. The minimum absolute atomic E-state index is 0.0170. The lowest BCUT2D eigenvalue weighted by atomic mass is 10.0. The molecule has 2 aliphatic rings. The van der Waals surface area contributed by atoms with E-state index in [1.54, 1.807) is 11.1 Å². The van der Waals surface area contributed by atoms with Gasteiger partial charge in [0.1, 0.15) is 0 Å². The van der Waals surface area contributed by atoms with Crippen LogP contribution in [0.3, 0.4) is 0 Å². The Morgan fingerprint density at radius 3 is 3.21 bits per heavy atom. The lowest BCUT2D eigenvalue weighted by Crippen LogP contribution is -2.39. The number of ether oxygens (including phenoxy) is 1. The molecule has 1 saturated heterocycles. The lowest BCUT2D eigenvalue weighted by Gasteiger charge is -2.28. The van der Waals surface area contributed by atoms with Gasteiger partial charge in [0.05, 0.1) is 19.1 Å². The van der Waals surface area contributed by atoms with Crippen LogP contribution in [0.15, 0.2) is 17.1 Å². The highest BCUT2D eigenvalue weighted by Gasteiger charge is 2.26. The molecular formula is C14H18N2O3. The minimum atomic E-state index is 0.0170. The van der Waals surface area contributed by atoms with Gasteiger partial charge in [0.25, 0.3) is 0 Å². The fraction of sp³-hybridized carbons (Fsp3) is 0.571. The van der Waals surface area contributed by atoms with Gasteiger partial charge < -0.3 is 14.6 Å². The summed E-state index contributed by atoms with van der Waals surface area (Å²) in [7, 11) is 0. The van der Waals surface area contributed by atoms with Crippen LogP contribution in [-0.2, 0) is 22.5 Å². The van der Waals surface area contributed by atoms with Crippen molar-refractivity contribution < 1.29 is 9.53 Å². The van der Waals surface area contributed by atoms with E-state index in [0.29, 0.717) is 19.5 Å². The van der Waals surface area contributed by atoms with E-state index < -0.39 is 0 Å². The summed E-state index contributed by atoms with van der Waals surface area (Å²) < 4.78 is 5.49. The van der Waals surface area contributed by atoms with Crippen molar-refractivity contribution in [1.29, 1.82) is 0 Å². The summed E-state index contributed by atoms with van der Waals surface area (Å²) >= 11 is 0. The number of carbonyl (C=O) groups is 1.